The van der Waals surface area contributed by atoms with Crippen LogP contribution < -0.4 is 5.01 Å². The molecule has 0 fully saturated rings. The van der Waals surface area contributed by atoms with Crippen LogP contribution >= 0.6 is 11.6 Å². The molecule has 4 rings (SSSR count). The number of benzene rings is 2. The molecule has 1 amide bonds. The van der Waals surface area contributed by atoms with Crippen LogP contribution in [0.1, 0.15) is 5.56 Å². The van der Waals surface area contributed by atoms with E-state index in [1.165, 1.54) is 29.3 Å². The molecule has 0 N–H and O–H groups in total. The van der Waals surface area contributed by atoms with Crippen molar-refractivity contribution in [3.8, 4) is 0 Å². The predicted molar refractivity (Wildman–Crippen MR) is 96.8 cm³/mol. The number of carbonyl (C=O) groups excluding carboxylic acids is 1. The number of allylic oxidation sites excluding steroid dienone is 1. The summed E-state index contributed by atoms with van der Waals surface area (Å²) in [7, 11) is 0. The number of nitrogens with zero attached hydrogens (tertiary/aromatic N) is 3. The summed E-state index contributed by atoms with van der Waals surface area (Å²) in [5.41, 5.74) is 1.96. The lowest BCUT2D eigenvalue weighted by Crippen LogP contribution is -2.47. The Morgan fingerprint density at radius 1 is 1.12 bits per heavy atom. The summed E-state index contributed by atoms with van der Waals surface area (Å²) in [5, 5.41) is 6.42. The Balaban J connectivity index is 1.85. The molecule has 0 spiro atoms. The van der Waals surface area contributed by atoms with Crippen molar-refractivity contribution in [3.05, 3.63) is 77.1 Å². The summed E-state index contributed by atoms with van der Waals surface area (Å²) >= 11 is 6.11. The van der Waals surface area contributed by atoms with Gasteiger partial charge >= 0.3 is 0 Å². The Hall–Kier alpha value is -2.79. The molecule has 0 aliphatic carbocycles. The third kappa shape index (κ3) is 2.87. The summed E-state index contributed by atoms with van der Waals surface area (Å²) in [6.45, 7) is 0. The van der Waals surface area contributed by atoms with Gasteiger partial charge < -0.3 is 0 Å². The van der Waals surface area contributed by atoms with Gasteiger partial charge in [-0.2, -0.15) is 10.1 Å². The Morgan fingerprint density at radius 3 is 2.68 bits per heavy atom. The highest BCUT2D eigenvalue weighted by Crippen LogP contribution is 2.30. The van der Waals surface area contributed by atoms with Crippen molar-refractivity contribution < 1.29 is 9.18 Å². The number of carbonyl (C=O) groups is 1. The molecule has 0 aromatic heterocycles. The maximum atomic E-state index is 13.2. The lowest BCUT2D eigenvalue weighted by Gasteiger charge is -2.33. The van der Waals surface area contributed by atoms with Crippen LogP contribution in [0.2, 0.25) is 5.02 Å². The van der Waals surface area contributed by atoms with E-state index in [1.807, 2.05) is 18.2 Å². The minimum absolute atomic E-state index is 0.199. The first-order chi connectivity index (χ1) is 12.1. The first-order valence-corrected chi connectivity index (χ1v) is 8.15. The van der Waals surface area contributed by atoms with Crippen LogP contribution in [-0.2, 0) is 4.79 Å². The van der Waals surface area contributed by atoms with Crippen LogP contribution in [0.5, 0.6) is 0 Å². The van der Waals surface area contributed by atoms with Crippen molar-refractivity contribution in [1.82, 2.24) is 0 Å². The van der Waals surface area contributed by atoms with E-state index >= 15 is 0 Å². The fourth-order valence-electron chi connectivity index (χ4n) is 2.97. The second kappa shape index (κ2) is 6.26. The molecule has 2 aromatic carbocycles. The molecule has 2 aliphatic heterocycles. The van der Waals surface area contributed by atoms with Crippen LogP contribution in [0.25, 0.3) is 0 Å². The second-order valence-electron chi connectivity index (χ2n) is 5.78. The highest BCUT2D eigenvalue weighted by Gasteiger charge is 2.39. The Morgan fingerprint density at radius 2 is 1.92 bits per heavy atom. The fraction of sp³-hybridized carbons (Fsp3) is 0.105. The van der Waals surface area contributed by atoms with Crippen LogP contribution in [-0.4, -0.2) is 23.9 Å². The van der Waals surface area contributed by atoms with Crippen LogP contribution in [0.15, 0.2) is 70.8 Å². The van der Waals surface area contributed by atoms with Crippen molar-refractivity contribution >= 4 is 35.1 Å². The van der Waals surface area contributed by atoms with E-state index in [-0.39, 0.29) is 11.7 Å². The zero-order valence-electron chi connectivity index (χ0n) is 13.0. The van der Waals surface area contributed by atoms with Gasteiger partial charge in [-0.3, -0.25) is 9.79 Å². The molecule has 124 valence electrons. The summed E-state index contributed by atoms with van der Waals surface area (Å²) < 4.78 is 13.2. The number of hydrogen-bond donors (Lipinski definition) is 0. The molecule has 6 heteroatoms. The molecule has 2 aromatic rings. The Bertz CT molecular complexity index is 921. The molecule has 2 atom stereocenters. The number of hydrogen-bond acceptors (Lipinski definition) is 3. The predicted octanol–water partition coefficient (Wildman–Crippen LogP) is 3.86. The third-order valence-corrected chi connectivity index (χ3v) is 4.40. The van der Waals surface area contributed by atoms with E-state index < -0.39 is 12.0 Å². The number of hydrazone groups is 1. The lowest BCUT2D eigenvalue weighted by molar-refractivity contribution is -0.121. The standard InChI is InChI=1S/C19H13ClFN3O/c20-13-4-1-3-12(11-13)17-18-16(5-2-10-22-18)19(25)24(23-17)15-8-6-14(21)7-9-15/h1-11,16,18H. The monoisotopic (exact) mass is 353 g/mol. The molecule has 0 saturated carbocycles. The van der Waals surface area contributed by atoms with E-state index in [1.54, 1.807) is 24.4 Å². The van der Waals surface area contributed by atoms with Gasteiger partial charge in [0.05, 0.1) is 17.3 Å². The number of aliphatic imine (C=N–C) groups is 1. The largest absolute Gasteiger partial charge is 0.282 e. The quantitative estimate of drug-likeness (QED) is 0.808. The highest BCUT2D eigenvalue weighted by atomic mass is 35.5. The van der Waals surface area contributed by atoms with E-state index in [9.17, 15) is 9.18 Å². The number of halogens is 2. The van der Waals surface area contributed by atoms with E-state index in [0.29, 0.717) is 16.4 Å². The Kier molecular flexibility index (Phi) is 3.93. The van der Waals surface area contributed by atoms with Crippen molar-refractivity contribution in [2.75, 3.05) is 5.01 Å². The molecule has 25 heavy (non-hydrogen) atoms. The van der Waals surface area contributed by atoms with Crippen molar-refractivity contribution in [2.45, 2.75) is 6.04 Å². The minimum atomic E-state index is -0.457. The summed E-state index contributed by atoms with van der Waals surface area (Å²) in [6, 6.07) is 12.6. The topological polar surface area (TPSA) is 45.0 Å². The molecule has 2 aliphatic rings. The molecule has 4 nitrogen and oxygen atoms in total. The minimum Gasteiger partial charge on any atom is -0.282 e. The molecule has 2 heterocycles. The van der Waals surface area contributed by atoms with Gasteiger partial charge in [0.25, 0.3) is 5.91 Å². The normalized spacial score (nSPS) is 21.9. The van der Waals surface area contributed by atoms with Gasteiger partial charge in [-0.05, 0) is 42.5 Å². The maximum absolute atomic E-state index is 13.2. The lowest BCUT2D eigenvalue weighted by atomic mass is 9.88. The summed E-state index contributed by atoms with van der Waals surface area (Å²) in [6.07, 6.45) is 5.24. The zero-order chi connectivity index (χ0) is 17.4. The second-order valence-corrected chi connectivity index (χ2v) is 6.21. The van der Waals surface area contributed by atoms with Gasteiger partial charge in [0.1, 0.15) is 11.9 Å². The van der Waals surface area contributed by atoms with Gasteiger partial charge in [0.15, 0.2) is 0 Å². The number of amides is 1. The Labute approximate surface area is 148 Å². The molecule has 2 unspecified atom stereocenters. The molecular formula is C19H13ClFN3O. The van der Waals surface area contributed by atoms with Crippen LogP contribution in [0.4, 0.5) is 10.1 Å². The molecule has 0 bridgehead atoms. The summed E-state index contributed by atoms with van der Waals surface area (Å²) in [4.78, 5) is 17.3. The van der Waals surface area contributed by atoms with E-state index in [0.717, 1.165) is 5.56 Å². The van der Waals surface area contributed by atoms with Crippen molar-refractivity contribution in [2.24, 2.45) is 16.0 Å². The molecule has 0 saturated heterocycles. The van der Waals surface area contributed by atoms with E-state index in [2.05, 4.69) is 10.1 Å². The smallest absolute Gasteiger partial charge is 0.256 e. The number of rotatable bonds is 2. The van der Waals surface area contributed by atoms with Gasteiger partial charge in [-0.1, -0.05) is 29.8 Å². The van der Waals surface area contributed by atoms with Gasteiger partial charge in [0, 0.05) is 16.8 Å². The van der Waals surface area contributed by atoms with Gasteiger partial charge in [-0.15, -0.1) is 0 Å². The van der Waals surface area contributed by atoms with E-state index in [4.69, 9.17) is 11.6 Å². The molecular weight excluding hydrogens is 341 g/mol. The first-order valence-electron chi connectivity index (χ1n) is 7.77. The zero-order valence-corrected chi connectivity index (χ0v) is 13.8. The highest BCUT2D eigenvalue weighted by molar-refractivity contribution is 6.31. The van der Waals surface area contributed by atoms with Crippen molar-refractivity contribution in [1.29, 1.82) is 0 Å². The first kappa shape index (κ1) is 15.7. The van der Waals surface area contributed by atoms with Crippen LogP contribution in [0, 0.1) is 11.7 Å². The number of anilines is 1. The number of dihydropyridines is 1. The van der Waals surface area contributed by atoms with Crippen molar-refractivity contribution in [3.63, 3.8) is 0 Å². The fourth-order valence-corrected chi connectivity index (χ4v) is 3.16. The summed E-state index contributed by atoms with van der Waals surface area (Å²) in [5.74, 6) is -1.02. The number of fused-ring (bicyclic) bond motifs is 1. The SMILES string of the molecule is O=C1C2C=CC=NC2C(c2cccc(Cl)c2)=NN1c1ccc(F)cc1. The van der Waals surface area contributed by atoms with Gasteiger partial charge in [0.2, 0.25) is 0 Å². The third-order valence-electron chi connectivity index (χ3n) is 4.16. The van der Waals surface area contributed by atoms with Crippen LogP contribution in [0.3, 0.4) is 0 Å². The average molecular weight is 354 g/mol. The maximum Gasteiger partial charge on any atom is 0.256 e. The average Bonchev–Trinajstić information content (AvgIpc) is 2.63. The molecule has 0 radical (unpaired) electrons. The van der Waals surface area contributed by atoms with Gasteiger partial charge in [-0.25, -0.2) is 4.39 Å².